The zero-order chi connectivity index (χ0) is 13.3. The number of piperidine rings is 1. The maximum absolute atomic E-state index is 9.59. The third-order valence-corrected chi connectivity index (χ3v) is 4.50. The van der Waals surface area contributed by atoms with Crippen molar-refractivity contribution in [1.82, 2.24) is 0 Å². The van der Waals surface area contributed by atoms with Crippen LogP contribution in [0.25, 0.3) is 0 Å². The van der Waals surface area contributed by atoms with Gasteiger partial charge in [-0.15, -0.1) is 0 Å². The second-order valence-corrected chi connectivity index (χ2v) is 6.12. The summed E-state index contributed by atoms with van der Waals surface area (Å²) >= 11 is 0. The summed E-state index contributed by atoms with van der Waals surface area (Å²) in [7, 11) is 0. The molecule has 1 heterocycles. The molecule has 0 spiro atoms. The van der Waals surface area contributed by atoms with Gasteiger partial charge in [0.25, 0.3) is 0 Å². The summed E-state index contributed by atoms with van der Waals surface area (Å²) in [5.74, 6) is 0.367. The Morgan fingerprint density at radius 1 is 1.33 bits per heavy atom. The molecule has 2 nitrogen and oxygen atoms in total. The number of nitrogens with zero attached hydrogens (tertiary/aromatic N) is 1. The lowest BCUT2D eigenvalue weighted by Gasteiger charge is -2.49. The average Bonchev–Trinajstić information content (AvgIpc) is 2.32. The third kappa shape index (κ3) is 2.26. The Kier molecular flexibility index (Phi) is 3.67. The highest BCUT2D eigenvalue weighted by Gasteiger charge is 2.38. The molecule has 0 radical (unpaired) electrons. The highest BCUT2D eigenvalue weighted by molar-refractivity contribution is 5.57. The van der Waals surface area contributed by atoms with Gasteiger partial charge in [0.15, 0.2) is 0 Å². The van der Waals surface area contributed by atoms with Crippen molar-refractivity contribution in [3.05, 3.63) is 29.3 Å². The molecule has 0 bridgehead atoms. The van der Waals surface area contributed by atoms with E-state index in [2.05, 4.69) is 50.8 Å². The maximum Gasteiger partial charge on any atom is 0.0481 e. The highest BCUT2D eigenvalue weighted by atomic mass is 16.3. The molecular formula is C16H25NO. The minimum absolute atomic E-state index is 0.0333. The van der Waals surface area contributed by atoms with Crippen LogP contribution in [0.5, 0.6) is 0 Å². The molecule has 2 rings (SSSR count). The second kappa shape index (κ2) is 4.93. The molecule has 1 atom stereocenters. The summed E-state index contributed by atoms with van der Waals surface area (Å²) in [6.07, 6.45) is 2.30. The van der Waals surface area contributed by atoms with Gasteiger partial charge in [-0.3, -0.25) is 0 Å². The number of aryl methyl sites for hydroxylation is 2. The van der Waals surface area contributed by atoms with Crippen molar-refractivity contribution in [3.63, 3.8) is 0 Å². The Morgan fingerprint density at radius 3 is 2.72 bits per heavy atom. The van der Waals surface area contributed by atoms with Crippen LogP contribution < -0.4 is 4.90 Å². The first-order valence-electron chi connectivity index (χ1n) is 6.92. The molecule has 2 heteroatoms. The largest absolute Gasteiger partial charge is 0.396 e. The van der Waals surface area contributed by atoms with E-state index in [0.717, 1.165) is 13.0 Å². The third-order valence-electron chi connectivity index (χ3n) is 4.50. The minimum atomic E-state index is 0.0333. The van der Waals surface area contributed by atoms with Crippen molar-refractivity contribution in [2.75, 3.05) is 18.1 Å². The molecule has 0 aromatic heterocycles. The van der Waals surface area contributed by atoms with Gasteiger partial charge in [-0.05, 0) is 57.7 Å². The lowest BCUT2D eigenvalue weighted by Crippen LogP contribution is -2.54. The van der Waals surface area contributed by atoms with Crippen LogP contribution in [0.2, 0.25) is 0 Å². The van der Waals surface area contributed by atoms with E-state index in [-0.39, 0.29) is 12.1 Å². The highest BCUT2D eigenvalue weighted by Crippen LogP contribution is 2.38. The predicted molar refractivity (Wildman–Crippen MR) is 77.2 cm³/mol. The van der Waals surface area contributed by atoms with Gasteiger partial charge in [-0.25, -0.2) is 0 Å². The lowest BCUT2D eigenvalue weighted by atomic mass is 9.79. The SMILES string of the molecule is Cc1ccc(C)c(N2CCCC(CO)C2(C)C)c1. The van der Waals surface area contributed by atoms with Gasteiger partial charge < -0.3 is 10.0 Å². The summed E-state index contributed by atoms with van der Waals surface area (Å²) in [6, 6.07) is 6.64. The predicted octanol–water partition coefficient (Wildman–Crippen LogP) is 3.29. The maximum atomic E-state index is 9.59. The zero-order valence-electron chi connectivity index (χ0n) is 12.0. The van der Waals surface area contributed by atoms with Gasteiger partial charge in [0.1, 0.15) is 0 Å². The van der Waals surface area contributed by atoms with Crippen LogP contribution in [0.15, 0.2) is 18.2 Å². The molecule has 1 aromatic rings. The summed E-state index contributed by atoms with van der Waals surface area (Å²) in [4.78, 5) is 2.49. The fourth-order valence-corrected chi connectivity index (χ4v) is 3.11. The molecule has 0 aliphatic carbocycles. The first-order valence-corrected chi connectivity index (χ1v) is 6.92. The smallest absolute Gasteiger partial charge is 0.0481 e. The quantitative estimate of drug-likeness (QED) is 0.867. The molecule has 100 valence electrons. The van der Waals surface area contributed by atoms with Crippen molar-refractivity contribution < 1.29 is 5.11 Å². The molecular weight excluding hydrogens is 222 g/mol. The standard InChI is InChI=1S/C16H25NO/c1-12-7-8-13(2)15(10-12)17-9-5-6-14(11-18)16(17,3)4/h7-8,10,14,18H,5-6,9,11H2,1-4H3. The van der Waals surface area contributed by atoms with Crippen molar-refractivity contribution in [1.29, 1.82) is 0 Å². The topological polar surface area (TPSA) is 23.5 Å². The summed E-state index contributed by atoms with van der Waals surface area (Å²) in [5, 5.41) is 9.59. The van der Waals surface area contributed by atoms with Crippen LogP contribution >= 0.6 is 0 Å². The van der Waals surface area contributed by atoms with Crippen LogP contribution in [-0.4, -0.2) is 23.8 Å². The van der Waals surface area contributed by atoms with E-state index in [0.29, 0.717) is 5.92 Å². The van der Waals surface area contributed by atoms with E-state index in [9.17, 15) is 5.11 Å². The van der Waals surface area contributed by atoms with E-state index >= 15 is 0 Å². The number of hydrogen-bond acceptors (Lipinski definition) is 2. The van der Waals surface area contributed by atoms with E-state index in [1.165, 1.54) is 23.2 Å². The van der Waals surface area contributed by atoms with Gasteiger partial charge in [-0.2, -0.15) is 0 Å². The molecule has 0 saturated carbocycles. The number of rotatable bonds is 2. The van der Waals surface area contributed by atoms with E-state index in [1.54, 1.807) is 0 Å². The minimum Gasteiger partial charge on any atom is -0.396 e. The van der Waals surface area contributed by atoms with Crippen LogP contribution in [0.3, 0.4) is 0 Å². The molecule has 1 aromatic carbocycles. The fraction of sp³-hybridized carbons (Fsp3) is 0.625. The molecule has 0 amide bonds. The summed E-state index contributed by atoms with van der Waals surface area (Å²) < 4.78 is 0. The number of benzene rings is 1. The normalized spacial score (nSPS) is 23.2. The summed E-state index contributed by atoms with van der Waals surface area (Å²) in [5.41, 5.74) is 3.99. The van der Waals surface area contributed by atoms with Crippen molar-refractivity contribution in [2.24, 2.45) is 5.92 Å². The number of hydrogen-bond donors (Lipinski definition) is 1. The molecule has 1 N–H and O–H groups in total. The van der Waals surface area contributed by atoms with E-state index in [1.807, 2.05) is 0 Å². The van der Waals surface area contributed by atoms with Gasteiger partial charge in [-0.1, -0.05) is 12.1 Å². The van der Waals surface area contributed by atoms with Crippen LogP contribution in [-0.2, 0) is 0 Å². The van der Waals surface area contributed by atoms with Crippen LogP contribution in [0.1, 0.15) is 37.8 Å². The Bertz CT molecular complexity index is 425. The van der Waals surface area contributed by atoms with E-state index < -0.39 is 0 Å². The average molecular weight is 247 g/mol. The number of aliphatic hydroxyl groups excluding tert-OH is 1. The molecule has 18 heavy (non-hydrogen) atoms. The molecule has 1 saturated heterocycles. The monoisotopic (exact) mass is 247 g/mol. The zero-order valence-corrected chi connectivity index (χ0v) is 12.0. The second-order valence-electron chi connectivity index (χ2n) is 6.12. The Labute approximate surface area is 111 Å². The fourth-order valence-electron chi connectivity index (χ4n) is 3.11. The number of anilines is 1. The van der Waals surface area contributed by atoms with E-state index in [4.69, 9.17) is 0 Å². The van der Waals surface area contributed by atoms with Crippen molar-refractivity contribution in [2.45, 2.75) is 46.1 Å². The molecule has 1 unspecified atom stereocenters. The van der Waals surface area contributed by atoms with Crippen LogP contribution in [0, 0.1) is 19.8 Å². The molecule has 1 fully saturated rings. The first-order chi connectivity index (χ1) is 8.46. The number of aliphatic hydroxyl groups is 1. The van der Waals surface area contributed by atoms with Crippen molar-refractivity contribution >= 4 is 5.69 Å². The summed E-state index contributed by atoms with van der Waals surface area (Å²) in [6.45, 7) is 10.2. The Hall–Kier alpha value is -1.02. The van der Waals surface area contributed by atoms with Gasteiger partial charge in [0.2, 0.25) is 0 Å². The van der Waals surface area contributed by atoms with Gasteiger partial charge in [0.05, 0.1) is 0 Å². The molecule has 1 aliphatic heterocycles. The lowest BCUT2D eigenvalue weighted by molar-refractivity contribution is 0.135. The Morgan fingerprint density at radius 2 is 2.06 bits per heavy atom. The first kappa shape index (κ1) is 13.4. The van der Waals surface area contributed by atoms with Crippen LogP contribution in [0.4, 0.5) is 5.69 Å². The molecule has 1 aliphatic rings. The van der Waals surface area contributed by atoms with Gasteiger partial charge in [0, 0.05) is 30.3 Å². The van der Waals surface area contributed by atoms with Crippen molar-refractivity contribution in [3.8, 4) is 0 Å². The Balaban J connectivity index is 2.39. The van der Waals surface area contributed by atoms with Gasteiger partial charge >= 0.3 is 0 Å².